The van der Waals surface area contributed by atoms with Crippen molar-refractivity contribution in [2.24, 2.45) is 0 Å². The number of hydrogen-bond donors (Lipinski definition) is 0. The molecule has 0 radical (unpaired) electrons. The van der Waals surface area contributed by atoms with Crippen molar-refractivity contribution in [1.29, 1.82) is 0 Å². The summed E-state index contributed by atoms with van der Waals surface area (Å²) in [5.41, 5.74) is -0.0768. The SMILES string of the molecule is O=[N+]([O-])c1cc[n+]([O-])cc1.[Cl-].[Cl-].[Hg+2]. The number of halogens is 2. The fraction of sp³-hybridized carbons (Fsp3) is 0. The Kier molecular flexibility index (Phi) is 12.1. The minimum absolute atomic E-state index is 0. The van der Waals surface area contributed by atoms with Crippen LogP contribution in [0, 0.1) is 15.3 Å². The molecule has 0 aliphatic carbocycles. The van der Waals surface area contributed by atoms with Gasteiger partial charge in [-0.2, -0.15) is 4.73 Å². The molecule has 1 aromatic rings. The summed E-state index contributed by atoms with van der Waals surface area (Å²) in [6, 6.07) is 2.29. The van der Waals surface area contributed by atoms with E-state index in [1.807, 2.05) is 0 Å². The smallest absolute Gasteiger partial charge is 1.00 e. The number of aromatic nitrogens is 1. The molecule has 0 N–H and O–H groups in total. The maximum absolute atomic E-state index is 10.3. The molecule has 0 aliphatic heterocycles. The number of hydrogen-bond acceptors (Lipinski definition) is 3. The minimum atomic E-state index is -0.556. The Balaban J connectivity index is -0.000000333. The van der Waals surface area contributed by atoms with Crippen molar-refractivity contribution < 1.29 is 62.1 Å². The number of rotatable bonds is 1. The number of nitro groups is 1. The third kappa shape index (κ3) is 6.01. The van der Waals surface area contributed by atoms with Gasteiger partial charge in [0.05, 0.1) is 17.1 Å². The third-order valence-electron chi connectivity index (χ3n) is 0.995. The monoisotopic (exact) mass is 412 g/mol. The summed E-state index contributed by atoms with van der Waals surface area (Å²) < 4.78 is 0.493. The first-order chi connectivity index (χ1) is 4.70. The largest absolute Gasteiger partial charge is 2.00 e. The molecule has 68 valence electrons. The van der Waals surface area contributed by atoms with E-state index in [0.29, 0.717) is 4.73 Å². The fourth-order valence-electron chi connectivity index (χ4n) is 0.527. The maximum atomic E-state index is 10.3. The molecule has 0 amide bonds. The van der Waals surface area contributed by atoms with Gasteiger partial charge in [-0.15, -0.1) is 0 Å². The predicted molar refractivity (Wildman–Crippen MR) is 32.1 cm³/mol. The van der Waals surface area contributed by atoms with Crippen molar-refractivity contribution in [3.05, 3.63) is 39.8 Å². The van der Waals surface area contributed by atoms with E-state index in [4.69, 9.17) is 0 Å². The van der Waals surface area contributed by atoms with Crippen LogP contribution >= 0.6 is 0 Å². The minimum Gasteiger partial charge on any atom is -1.00 e. The standard InChI is InChI=1S/C5H4N2O3.2ClH.Hg/c8-6-3-1-5(2-4-6)7(9)10;;;/h1-4H;2*1H;/q;;;+2/p-2. The maximum Gasteiger partial charge on any atom is 2.00 e. The van der Waals surface area contributed by atoms with Crippen LogP contribution in [0.1, 0.15) is 0 Å². The first-order valence-corrected chi connectivity index (χ1v) is 2.53. The van der Waals surface area contributed by atoms with Gasteiger partial charge in [0.15, 0.2) is 12.4 Å². The second kappa shape index (κ2) is 8.46. The van der Waals surface area contributed by atoms with Crippen LogP contribution in [0.15, 0.2) is 24.5 Å². The first kappa shape index (κ1) is 18.6. The van der Waals surface area contributed by atoms with E-state index in [-0.39, 0.29) is 58.2 Å². The molecular weight excluding hydrogens is 408 g/mol. The van der Waals surface area contributed by atoms with Crippen LogP contribution in [0.4, 0.5) is 5.69 Å². The molecular formula is C5H4Cl2HgN2O3. The summed E-state index contributed by atoms with van der Waals surface area (Å²) in [5.74, 6) is 0. The normalized spacial score (nSPS) is 7.08. The second-order valence-electron chi connectivity index (χ2n) is 1.67. The summed E-state index contributed by atoms with van der Waals surface area (Å²) in [6.07, 6.45) is 2.16. The first-order valence-electron chi connectivity index (χ1n) is 2.53. The van der Waals surface area contributed by atoms with Crippen LogP contribution in [0.25, 0.3) is 0 Å². The topological polar surface area (TPSA) is 70.1 Å². The molecule has 0 aromatic carbocycles. The van der Waals surface area contributed by atoms with Gasteiger partial charge < -0.3 is 30.0 Å². The van der Waals surface area contributed by atoms with Gasteiger partial charge in [-0.25, -0.2) is 0 Å². The summed E-state index contributed by atoms with van der Waals surface area (Å²) in [7, 11) is 0. The van der Waals surface area contributed by atoms with E-state index in [1.54, 1.807) is 0 Å². The Bertz CT molecular complexity index is 256. The van der Waals surface area contributed by atoms with Gasteiger partial charge in [-0.1, -0.05) is 0 Å². The summed E-state index contributed by atoms with van der Waals surface area (Å²) >= 11 is 0. The van der Waals surface area contributed by atoms with Crippen LogP contribution in [0.3, 0.4) is 0 Å². The molecule has 0 atom stereocenters. The zero-order valence-corrected chi connectivity index (χ0v) is 13.4. The van der Waals surface area contributed by atoms with Crippen LogP contribution in [-0.2, 0) is 27.7 Å². The molecule has 0 fully saturated rings. The van der Waals surface area contributed by atoms with Gasteiger partial charge in [0, 0.05) is 0 Å². The molecule has 8 heteroatoms. The zero-order valence-electron chi connectivity index (χ0n) is 6.39. The van der Waals surface area contributed by atoms with E-state index < -0.39 is 4.92 Å². The Hall–Kier alpha value is -0.135. The van der Waals surface area contributed by atoms with Crippen molar-refractivity contribution in [3.8, 4) is 0 Å². The molecule has 1 aromatic heterocycles. The third-order valence-corrected chi connectivity index (χ3v) is 0.995. The van der Waals surface area contributed by atoms with E-state index in [9.17, 15) is 15.3 Å². The van der Waals surface area contributed by atoms with E-state index in [1.165, 1.54) is 0 Å². The van der Waals surface area contributed by atoms with E-state index in [0.717, 1.165) is 24.5 Å². The Morgan fingerprint density at radius 1 is 1.23 bits per heavy atom. The predicted octanol–water partition coefficient (Wildman–Crippen LogP) is -5.77. The van der Waals surface area contributed by atoms with Gasteiger partial charge >= 0.3 is 27.7 Å². The Labute approximate surface area is 107 Å². The van der Waals surface area contributed by atoms with Crippen molar-refractivity contribution in [2.75, 3.05) is 0 Å². The molecule has 1 rings (SSSR count). The van der Waals surface area contributed by atoms with E-state index in [2.05, 4.69) is 0 Å². The molecule has 0 saturated heterocycles. The molecule has 0 saturated carbocycles. The molecule has 0 aliphatic rings. The quantitative estimate of drug-likeness (QED) is 0.152. The van der Waals surface area contributed by atoms with Crippen molar-refractivity contribution in [2.45, 2.75) is 0 Å². The van der Waals surface area contributed by atoms with Gasteiger partial charge in [0.2, 0.25) is 0 Å². The Morgan fingerprint density at radius 3 is 1.92 bits per heavy atom. The molecule has 1 heterocycles. The van der Waals surface area contributed by atoms with E-state index >= 15 is 0 Å². The molecule has 0 unspecified atom stereocenters. The van der Waals surface area contributed by atoms with Crippen molar-refractivity contribution in [3.63, 3.8) is 0 Å². The van der Waals surface area contributed by atoms with Crippen molar-refractivity contribution >= 4 is 5.69 Å². The second-order valence-corrected chi connectivity index (χ2v) is 1.67. The Morgan fingerprint density at radius 2 is 1.62 bits per heavy atom. The fourth-order valence-corrected chi connectivity index (χ4v) is 0.527. The van der Waals surface area contributed by atoms with Gasteiger partial charge in [-0.3, -0.25) is 10.1 Å². The molecule has 0 spiro atoms. The van der Waals surface area contributed by atoms with Crippen LogP contribution < -0.4 is 29.5 Å². The summed E-state index contributed by atoms with van der Waals surface area (Å²) in [5, 5.41) is 20.3. The number of nitrogens with zero attached hydrogens (tertiary/aromatic N) is 2. The summed E-state index contributed by atoms with van der Waals surface area (Å²) in [4.78, 5) is 9.45. The molecule has 5 nitrogen and oxygen atoms in total. The van der Waals surface area contributed by atoms with Crippen LogP contribution in [0.2, 0.25) is 0 Å². The van der Waals surface area contributed by atoms with Crippen molar-refractivity contribution in [1.82, 2.24) is 0 Å². The average Bonchev–Trinajstić information content (AvgIpc) is 1.88. The summed E-state index contributed by atoms with van der Waals surface area (Å²) in [6.45, 7) is 0. The molecule has 13 heavy (non-hydrogen) atoms. The van der Waals surface area contributed by atoms with Gasteiger partial charge in [-0.05, 0) is 0 Å². The van der Waals surface area contributed by atoms with Crippen LogP contribution in [-0.4, -0.2) is 4.92 Å². The number of pyridine rings is 1. The average molecular weight is 412 g/mol. The van der Waals surface area contributed by atoms with Gasteiger partial charge in [0.25, 0.3) is 5.69 Å². The van der Waals surface area contributed by atoms with Gasteiger partial charge in [0.1, 0.15) is 0 Å². The molecule has 0 bridgehead atoms. The zero-order chi connectivity index (χ0) is 7.56. The van der Waals surface area contributed by atoms with Crippen LogP contribution in [0.5, 0.6) is 0 Å².